The summed E-state index contributed by atoms with van der Waals surface area (Å²) >= 11 is 1.81. The fourth-order valence-corrected chi connectivity index (χ4v) is 3.21. The summed E-state index contributed by atoms with van der Waals surface area (Å²) in [6.45, 7) is 5.17. The van der Waals surface area contributed by atoms with Crippen molar-refractivity contribution in [2.75, 3.05) is 6.54 Å². The van der Waals surface area contributed by atoms with E-state index in [1.165, 1.54) is 19.3 Å². The highest BCUT2D eigenvalue weighted by Gasteiger charge is 2.25. The first kappa shape index (κ1) is 11.0. The van der Waals surface area contributed by atoms with Crippen LogP contribution in [0.4, 0.5) is 0 Å². The predicted octanol–water partition coefficient (Wildman–Crippen LogP) is 1.74. The minimum Gasteiger partial charge on any atom is -0.314 e. The Morgan fingerprint density at radius 2 is 2.40 bits per heavy atom. The van der Waals surface area contributed by atoms with Crippen LogP contribution in [0.3, 0.4) is 0 Å². The normalized spacial score (nSPS) is 26.0. The number of rotatable bonds is 4. The van der Waals surface area contributed by atoms with Crippen molar-refractivity contribution in [2.24, 2.45) is 0 Å². The van der Waals surface area contributed by atoms with E-state index in [9.17, 15) is 0 Å². The third kappa shape index (κ3) is 2.95. The number of H-pyrrole nitrogens is 1. The molecule has 0 aliphatic heterocycles. The van der Waals surface area contributed by atoms with Crippen molar-refractivity contribution in [1.29, 1.82) is 0 Å². The molecule has 0 amide bonds. The smallest absolute Gasteiger partial charge is 0.208 e. The van der Waals surface area contributed by atoms with E-state index in [1.807, 2.05) is 18.7 Å². The lowest BCUT2D eigenvalue weighted by Gasteiger charge is -2.10. The molecule has 2 unspecified atom stereocenters. The summed E-state index contributed by atoms with van der Waals surface area (Å²) < 4.78 is 0. The van der Waals surface area contributed by atoms with E-state index < -0.39 is 0 Å². The summed E-state index contributed by atoms with van der Waals surface area (Å²) in [5, 5.41) is 12.1. The van der Waals surface area contributed by atoms with Gasteiger partial charge in [0.2, 0.25) is 5.16 Å². The Morgan fingerprint density at radius 3 is 3.07 bits per heavy atom. The quantitative estimate of drug-likeness (QED) is 0.821. The lowest BCUT2D eigenvalue weighted by Crippen LogP contribution is -2.26. The van der Waals surface area contributed by atoms with Crippen LogP contribution in [0.1, 0.15) is 32.0 Å². The van der Waals surface area contributed by atoms with E-state index in [1.54, 1.807) is 0 Å². The third-order valence-corrected chi connectivity index (χ3v) is 3.88. The van der Waals surface area contributed by atoms with Crippen molar-refractivity contribution in [2.45, 2.75) is 49.6 Å². The zero-order chi connectivity index (χ0) is 10.7. The Bertz CT molecular complexity index is 312. The van der Waals surface area contributed by atoms with Gasteiger partial charge in [-0.15, -0.1) is 5.10 Å². The minimum atomic E-state index is 0.684. The molecular formula is C10H18N4S. The average Bonchev–Trinajstić information content (AvgIpc) is 2.78. The topological polar surface area (TPSA) is 53.6 Å². The summed E-state index contributed by atoms with van der Waals surface area (Å²) in [6, 6.07) is 0.701. The Labute approximate surface area is 94.6 Å². The van der Waals surface area contributed by atoms with Crippen molar-refractivity contribution in [3.8, 4) is 0 Å². The van der Waals surface area contributed by atoms with Crippen molar-refractivity contribution in [3.63, 3.8) is 0 Å². The first-order valence-corrected chi connectivity index (χ1v) is 6.45. The van der Waals surface area contributed by atoms with Crippen LogP contribution in [-0.4, -0.2) is 33.0 Å². The minimum absolute atomic E-state index is 0.684. The molecule has 0 aromatic carbocycles. The number of thioether (sulfide) groups is 1. The van der Waals surface area contributed by atoms with Crippen LogP contribution >= 0.6 is 11.8 Å². The number of nitrogens with zero attached hydrogens (tertiary/aromatic N) is 2. The number of nitrogens with one attached hydrogen (secondary N) is 2. The van der Waals surface area contributed by atoms with Gasteiger partial charge in [0.1, 0.15) is 5.82 Å². The second-order valence-electron chi connectivity index (χ2n) is 4.01. The predicted molar refractivity (Wildman–Crippen MR) is 62.1 cm³/mol. The average molecular weight is 226 g/mol. The molecule has 84 valence electrons. The monoisotopic (exact) mass is 226 g/mol. The van der Waals surface area contributed by atoms with E-state index in [4.69, 9.17) is 0 Å². The second kappa shape index (κ2) is 4.99. The van der Waals surface area contributed by atoms with Crippen molar-refractivity contribution < 1.29 is 0 Å². The van der Waals surface area contributed by atoms with Crippen molar-refractivity contribution in [1.82, 2.24) is 20.5 Å². The van der Waals surface area contributed by atoms with Gasteiger partial charge in [0, 0.05) is 11.3 Å². The maximum atomic E-state index is 4.32. The van der Waals surface area contributed by atoms with Gasteiger partial charge in [0.15, 0.2) is 0 Å². The van der Waals surface area contributed by atoms with Gasteiger partial charge in [-0.2, -0.15) is 0 Å². The number of aryl methyl sites for hydroxylation is 1. The highest BCUT2D eigenvalue weighted by atomic mass is 32.2. The molecule has 2 atom stereocenters. The molecule has 4 nitrogen and oxygen atoms in total. The molecule has 2 rings (SSSR count). The Morgan fingerprint density at radius 1 is 1.53 bits per heavy atom. The summed E-state index contributed by atoms with van der Waals surface area (Å²) in [6.07, 6.45) is 3.80. The highest BCUT2D eigenvalue weighted by Crippen LogP contribution is 2.33. The van der Waals surface area contributed by atoms with Crippen LogP contribution in [0.15, 0.2) is 5.16 Å². The Balaban J connectivity index is 1.82. The van der Waals surface area contributed by atoms with E-state index in [2.05, 4.69) is 27.4 Å². The molecule has 5 heteroatoms. The van der Waals surface area contributed by atoms with Crippen LogP contribution in [0.5, 0.6) is 0 Å². The van der Waals surface area contributed by atoms with Gasteiger partial charge in [-0.05, 0) is 32.7 Å². The summed E-state index contributed by atoms with van der Waals surface area (Å²) in [5.74, 6) is 0.902. The molecule has 1 fully saturated rings. The first-order valence-electron chi connectivity index (χ1n) is 5.57. The lowest BCUT2D eigenvalue weighted by molar-refractivity contribution is 0.543. The molecule has 0 spiro atoms. The molecule has 0 saturated heterocycles. The van der Waals surface area contributed by atoms with Gasteiger partial charge in [-0.3, -0.25) is 5.10 Å². The van der Waals surface area contributed by atoms with E-state index >= 15 is 0 Å². The molecule has 1 aliphatic rings. The SMILES string of the molecule is CCNC1CCC(Sc2n[nH]c(C)n2)C1. The van der Waals surface area contributed by atoms with Gasteiger partial charge in [0.05, 0.1) is 0 Å². The Kier molecular flexibility index (Phi) is 3.64. The second-order valence-corrected chi connectivity index (χ2v) is 5.28. The van der Waals surface area contributed by atoms with Gasteiger partial charge in [-0.1, -0.05) is 18.7 Å². The van der Waals surface area contributed by atoms with Crippen molar-refractivity contribution in [3.05, 3.63) is 5.82 Å². The molecule has 1 heterocycles. The molecule has 0 bridgehead atoms. The maximum Gasteiger partial charge on any atom is 0.208 e. The van der Waals surface area contributed by atoms with E-state index in [0.717, 1.165) is 17.5 Å². The molecular weight excluding hydrogens is 208 g/mol. The summed E-state index contributed by atoms with van der Waals surface area (Å²) in [5.41, 5.74) is 0. The molecule has 1 saturated carbocycles. The van der Waals surface area contributed by atoms with Crippen LogP contribution in [-0.2, 0) is 0 Å². The molecule has 1 aliphatic carbocycles. The molecule has 0 radical (unpaired) electrons. The summed E-state index contributed by atoms with van der Waals surface area (Å²) in [7, 11) is 0. The summed E-state index contributed by atoms with van der Waals surface area (Å²) in [4.78, 5) is 4.32. The fourth-order valence-electron chi connectivity index (χ4n) is 2.05. The number of hydrogen-bond acceptors (Lipinski definition) is 4. The molecule has 15 heavy (non-hydrogen) atoms. The largest absolute Gasteiger partial charge is 0.314 e. The zero-order valence-corrected chi connectivity index (χ0v) is 10.1. The van der Waals surface area contributed by atoms with Gasteiger partial charge in [-0.25, -0.2) is 4.98 Å². The van der Waals surface area contributed by atoms with E-state index in [-0.39, 0.29) is 0 Å². The van der Waals surface area contributed by atoms with Crippen LogP contribution in [0, 0.1) is 6.92 Å². The Hall–Kier alpha value is -0.550. The number of hydrogen-bond donors (Lipinski definition) is 2. The van der Waals surface area contributed by atoms with Crippen LogP contribution in [0.2, 0.25) is 0 Å². The van der Waals surface area contributed by atoms with Gasteiger partial charge < -0.3 is 5.32 Å². The maximum absolute atomic E-state index is 4.32. The van der Waals surface area contributed by atoms with Gasteiger partial charge in [0.25, 0.3) is 0 Å². The fraction of sp³-hybridized carbons (Fsp3) is 0.800. The van der Waals surface area contributed by atoms with Crippen LogP contribution < -0.4 is 5.32 Å². The number of aromatic nitrogens is 3. The molecule has 1 aromatic rings. The van der Waals surface area contributed by atoms with Gasteiger partial charge >= 0.3 is 0 Å². The van der Waals surface area contributed by atoms with E-state index in [0.29, 0.717) is 11.3 Å². The standard InChI is InChI=1S/C10H18N4S/c1-3-11-8-4-5-9(6-8)15-10-12-7(2)13-14-10/h8-9,11H,3-6H2,1-2H3,(H,12,13,14). The third-order valence-electron chi connectivity index (χ3n) is 2.73. The lowest BCUT2D eigenvalue weighted by atomic mass is 10.2. The van der Waals surface area contributed by atoms with Crippen molar-refractivity contribution >= 4 is 11.8 Å². The molecule has 2 N–H and O–H groups in total. The molecule has 1 aromatic heterocycles. The zero-order valence-electron chi connectivity index (χ0n) is 9.29. The first-order chi connectivity index (χ1) is 7.28. The van der Waals surface area contributed by atoms with Crippen LogP contribution in [0.25, 0.3) is 0 Å². The highest BCUT2D eigenvalue weighted by molar-refractivity contribution is 7.99. The number of aromatic amines is 1.